The summed E-state index contributed by atoms with van der Waals surface area (Å²) in [7, 11) is 0. The lowest BCUT2D eigenvalue weighted by Gasteiger charge is -2.21. The Labute approximate surface area is 147 Å². The van der Waals surface area contributed by atoms with Gasteiger partial charge in [0.25, 0.3) is 0 Å². The van der Waals surface area contributed by atoms with E-state index in [1.165, 1.54) is 12.8 Å². The molecule has 2 aromatic carbocycles. The Bertz CT molecular complexity index is 880. The number of benzene rings is 2. The van der Waals surface area contributed by atoms with E-state index in [1.54, 1.807) is 6.33 Å². The van der Waals surface area contributed by atoms with Crippen LogP contribution < -0.4 is 10.2 Å². The maximum absolute atomic E-state index is 12.4. The molecule has 1 amide bonds. The molecule has 5 heteroatoms. The molecule has 4 rings (SSSR count). The van der Waals surface area contributed by atoms with Crippen LogP contribution in [0.15, 0.2) is 54.9 Å². The van der Waals surface area contributed by atoms with Crippen molar-refractivity contribution in [2.75, 3.05) is 23.3 Å². The Kier molecular flexibility index (Phi) is 4.37. The van der Waals surface area contributed by atoms with Crippen LogP contribution in [0.2, 0.25) is 0 Å². The first-order chi connectivity index (χ1) is 12.3. The molecule has 0 saturated carbocycles. The zero-order valence-corrected chi connectivity index (χ0v) is 14.2. The molecule has 1 N–H and O–H groups in total. The van der Waals surface area contributed by atoms with Gasteiger partial charge in [-0.2, -0.15) is 0 Å². The molecule has 1 aromatic heterocycles. The molecule has 0 spiro atoms. The van der Waals surface area contributed by atoms with Crippen LogP contribution in [0.25, 0.3) is 11.0 Å². The van der Waals surface area contributed by atoms with Crippen LogP contribution in [0.4, 0.5) is 11.4 Å². The summed E-state index contributed by atoms with van der Waals surface area (Å²) in [5.74, 6) is 0.0319. The zero-order chi connectivity index (χ0) is 17.1. The van der Waals surface area contributed by atoms with Gasteiger partial charge in [-0.25, -0.2) is 4.98 Å². The van der Waals surface area contributed by atoms with Crippen molar-refractivity contribution in [2.24, 2.45) is 0 Å². The number of anilines is 2. The van der Waals surface area contributed by atoms with E-state index in [0.29, 0.717) is 13.0 Å². The van der Waals surface area contributed by atoms with Crippen LogP contribution in [0, 0.1) is 0 Å². The van der Waals surface area contributed by atoms with E-state index >= 15 is 0 Å². The Morgan fingerprint density at radius 1 is 1.04 bits per heavy atom. The normalized spacial score (nSPS) is 14.2. The highest BCUT2D eigenvalue weighted by atomic mass is 16.1. The molecule has 0 atom stereocenters. The number of nitrogens with one attached hydrogen (secondary N) is 1. The lowest BCUT2D eigenvalue weighted by molar-refractivity contribution is -0.116. The zero-order valence-electron chi connectivity index (χ0n) is 14.2. The molecular formula is C20H22N4O. The molecule has 0 unspecified atom stereocenters. The quantitative estimate of drug-likeness (QED) is 0.774. The van der Waals surface area contributed by atoms with Crippen molar-refractivity contribution in [2.45, 2.75) is 25.8 Å². The Morgan fingerprint density at radius 3 is 2.68 bits per heavy atom. The predicted molar refractivity (Wildman–Crippen MR) is 101 cm³/mol. The Hall–Kier alpha value is -2.82. The first kappa shape index (κ1) is 15.7. The van der Waals surface area contributed by atoms with Crippen molar-refractivity contribution in [1.29, 1.82) is 0 Å². The fourth-order valence-corrected chi connectivity index (χ4v) is 3.44. The maximum Gasteiger partial charge on any atom is 0.226 e. The average Bonchev–Trinajstić information content (AvgIpc) is 3.30. The number of aryl methyl sites for hydroxylation is 1. The number of hydrogen-bond donors (Lipinski definition) is 1. The van der Waals surface area contributed by atoms with Crippen LogP contribution in [-0.2, 0) is 11.3 Å². The number of amides is 1. The minimum atomic E-state index is 0.0319. The maximum atomic E-state index is 12.4. The highest BCUT2D eigenvalue weighted by Crippen LogP contribution is 2.28. The van der Waals surface area contributed by atoms with Gasteiger partial charge >= 0.3 is 0 Å². The smallest absolute Gasteiger partial charge is 0.226 e. The van der Waals surface area contributed by atoms with Gasteiger partial charge in [0.15, 0.2) is 0 Å². The minimum Gasteiger partial charge on any atom is -0.370 e. The third-order valence-electron chi connectivity index (χ3n) is 4.73. The molecule has 3 aromatic rings. The van der Waals surface area contributed by atoms with Gasteiger partial charge in [-0.15, -0.1) is 0 Å². The van der Waals surface area contributed by atoms with E-state index < -0.39 is 0 Å². The van der Waals surface area contributed by atoms with E-state index in [1.807, 2.05) is 47.0 Å². The molecule has 25 heavy (non-hydrogen) atoms. The number of carbonyl (C=O) groups is 1. The second-order valence-electron chi connectivity index (χ2n) is 6.44. The third-order valence-corrected chi connectivity index (χ3v) is 4.73. The number of rotatable bonds is 5. The summed E-state index contributed by atoms with van der Waals surface area (Å²) in [5, 5.41) is 3.08. The summed E-state index contributed by atoms with van der Waals surface area (Å²) >= 11 is 0. The van der Waals surface area contributed by atoms with Gasteiger partial charge in [0.05, 0.1) is 28.7 Å². The molecule has 1 saturated heterocycles. The second kappa shape index (κ2) is 6.97. The summed E-state index contributed by atoms with van der Waals surface area (Å²) in [4.78, 5) is 19.2. The average molecular weight is 334 g/mol. The highest BCUT2D eigenvalue weighted by molar-refractivity contribution is 5.94. The van der Waals surface area contributed by atoms with Crippen LogP contribution in [0.1, 0.15) is 19.3 Å². The molecule has 1 aliphatic rings. The fourth-order valence-electron chi connectivity index (χ4n) is 3.44. The highest BCUT2D eigenvalue weighted by Gasteiger charge is 2.16. The molecule has 5 nitrogen and oxygen atoms in total. The Balaban J connectivity index is 1.43. The van der Waals surface area contributed by atoms with Gasteiger partial charge in [-0.1, -0.05) is 24.3 Å². The predicted octanol–water partition coefficient (Wildman–Crippen LogP) is 3.67. The van der Waals surface area contributed by atoms with Crippen molar-refractivity contribution in [3.8, 4) is 0 Å². The van der Waals surface area contributed by atoms with Crippen molar-refractivity contribution < 1.29 is 4.79 Å². The SMILES string of the molecule is O=C(CCn1cnc2ccccc21)Nc1ccccc1N1CCCC1. The number of hydrogen-bond acceptors (Lipinski definition) is 3. The number of para-hydroxylation sites is 4. The summed E-state index contributed by atoms with van der Waals surface area (Å²) in [5.41, 5.74) is 4.06. The standard InChI is InChI=1S/C20H22N4O/c25-20(11-14-24-15-21-16-7-1-3-9-18(16)24)22-17-8-2-4-10-19(17)23-12-5-6-13-23/h1-4,7-10,15H,5-6,11-14H2,(H,22,25). The lowest BCUT2D eigenvalue weighted by Crippen LogP contribution is -2.21. The third kappa shape index (κ3) is 3.36. The monoisotopic (exact) mass is 334 g/mol. The summed E-state index contributed by atoms with van der Waals surface area (Å²) < 4.78 is 2.03. The van der Waals surface area contributed by atoms with Gasteiger partial charge < -0.3 is 14.8 Å². The molecule has 1 aliphatic heterocycles. The number of nitrogens with zero attached hydrogens (tertiary/aromatic N) is 3. The van der Waals surface area contributed by atoms with E-state index in [0.717, 1.165) is 35.5 Å². The van der Waals surface area contributed by atoms with Gasteiger partial charge in [0.2, 0.25) is 5.91 Å². The van der Waals surface area contributed by atoms with Crippen LogP contribution in [-0.4, -0.2) is 28.5 Å². The molecule has 1 fully saturated rings. The van der Waals surface area contributed by atoms with E-state index in [2.05, 4.69) is 21.3 Å². The number of aromatic nitrogens is 2. The summed E-state index contributed by atoms with van der Waals surface area (Å²) in [6.07, 6.45) is 4.66. The lowest BCUT2D eigenvalue weighted by atomic mass is 10.2. The van der Waals surface area contributed by atoms with Crippen molar-refractivity contribution in [3.05, 3.63) is 54.9 Å². The summed E-state index contributed by atoms with van der Waals surface area (Å²) in [6.45, 7) is 2.75. The molecule has 0 radical (unpaired) electrons. The van der Waals surface area contributed by atoms with E-state index in [-0.39, 0.29) is 5.91 Å². The van der Waals surface area contributed by atoms with Crippen molar-refractivity contribution in [1.82, 2.24) is 9.55 Å². The molecular weight excluding hydrogens is 312 g/mol. The molecule has 0 aliphatic carbocycles. The van der Waals surface area contributed by atoms with Crippen LogP contribution in [0.3, 0.4) is 0 Å². The number of imidazole rings is 1. The first-order valence-corrected chi connectivity index (χ1v) is 8.85. The van der Waals surface area contributed by atoms with Crippen LogP contribution >= 0.6 is 0 Å². The fraction of sp³-hybridized carbons (Fsp3) is 0.300. The first-order valence-electron chi connectivity index (χ1n) is 8.85. The number of fused-ring (bicyclic) bond motifs is 1. The second-order valence-corrected chi connectivity index (χ2v) is 6.44. The van der Waals surface area contributed by atoms with Gasteiger partial charge in [0.1, 0.15) is 0 Å². The summed E-state index contributed by atoms with van der Waals surface area (Å²) in [6, 6.07) is 16.1. The van der Waals surface area contributed by atoms with Crippen molar-refractivity contribution >= 4 is 28.3 Å². The van der Waals surface area contributed by atoms with E-state index in [4.69, 9.17) is 0 Å². The molecule has 2 heterocycles. The molecule has 0 bridgehead atoms. The minimum absolute atomic E-state index is 0.0319. The number of carbonyl (C=O) groups excluding carboxylic acids is 1. The van der Waals surface area contributed by atoms with Gasteiger partial charge in [-0.05, 0) is 37.1 Å². The van der Waals surface area contributed by atoms with E-state index in [9.17, 15) is 4.79 Å². The Morgan fingerprint density at radius 2 is 1.80 bits per heavy atom. The topological polar surface area (TPSA) is 50.2 Å². The van der Waals surface area contributed by atoms with Gasteiger partial charge in [-0.3, -0.25) is 4.79 Å². The van der Waals surface area contributed by atoms with Gasteiger partial charge in [0, 0.05) is 26.1 Å². The van der Waals surface area contributed by atoms with Crippen LogP contribution in [0.5, 0.6) is 0 Å². The largest absolute Gasteiger partial charge is 0.370 e. The van der Waals surface area contributed by atoms with Crippen molar-refractivity contribution in [3.63, 3.8) is 0 Å². The molecule has 128 valence electrons.